The molecule has 0 aliphatic heterocycles. The lowest BCUT2D eigenvalue weighted by Crippen LogP contribution is -2.28. The molecular weight excluding hydrogens is 359 g/mol. The fourth-order valence-electron chi connectivity index (χ4n) is 1.98. The van der Waals surface area contributed by atoms with Gasteiger partial charge >= 0.3 is 18.0 Å². The number of rotatable bonds is 3. The Morgan fingerprint density at radius 3 is 2.54 bits per heavy atom. The van der Waals surface area contributed by atoms with E-state index in [-0.39, 0.29) is 4.68 Å². The van der Waals surface area contributed by atoms with Gasteiger partial charge in [-0.3, -0.25) is 15.4 Å². The SMILES string of the molecule is CC(C)(C)OC(=O)Nc1cnn(-c2ncccc2[N+](=O)[O-])c1C(F)(F)F. The van der Waals surface area contributed by atoms with Gasteiger partial charge in [-0.25, -0.2) is 14.5 Å². The van der Waals surface area contributed by atoms with Crippen molar-refractivity contribution in [3.8, 4) is 5.82 Å². The van der Waals surface area contributed by atoms with Crippen LogP contribution in [-0.2, 0) is 10.9 Å². The standard InChI is InChI=1S/C14H14F3N5O4/c1-13(2,3)26-12(23)20-8-7-19-21(10(8)14(15,16)17)11-9(22(24)25)5-4-6-18-11/h4-7H,1-3H3,(H,20,23). The third-order valence-electron chi connectivity index (χ3n) is 2.84. The number of nitrogens with one attached hydrogen (secondary N) is 1. The molecule has 2 aromatic rings. The Morgan fingerprint density at radius 1 is 1.35 bits per heavy atom. The van der Waals surface area contributed by atoms with Crippen molar-refractivity contribution in [1.29, 1.82) is 0 Å². The molecule has 2 aromatic heterocycles. The predicted molar refractivity (Wildman–Crippen MR) is 82.9 cm³/mol. The maximum absolute atomic E-state index is 13.5. The molecule has 12 heteroatoms. The molecule has 0 radical (unpaired) electrons. The number of amides is 1. The number of halogens is 3. The average molecular weight is 373 g/mol. The fraction of sp³-hybridized carbons (Fsp3) is 0.357. The molecule has 0 bridgehead atoms. The predicted octanol–water partition coefficient (Wildman–Crippen LogP) is 3.54. The molecule has 0 aromatic carbocycles. The van der Waals surface area contributed by atoms with Gasteiger partial charge in [0.15, 0.2) is 5.69 Å². The molecule has 0 aliphatic rings. The molecule has 0 saturated carbocycles. The third kappa shape index (κ3) is 4.26. The van der Waals surface area contributed by atoms with Crippen LogP contribution in [0.3, 0.4) is 0 Å². The minimum absolute atomic E-state index is 0.255. The van der Waals surface area contributed by atoms with Crippen LogP contribution >= 0.6 is 0 Å². The summed E-state index contributed by atoms with van der Waals surface area (Å²) in [5.74, 6) is -0.637. The number of anilines is 1. The average Bonchev–Trinajstić information content (AvgIpc) is 2.88. The van der Waals surface area contributed by atoms with E-state index in [1.54, 1.807) is 0 Å². The highest BCUT2D eigenvalue weighted by Gasteiger charge is 2.41. The van der Waals surface area contributed by atoms with E-state index in [0.717, 1.165) is 12.3 Å². The second kappa shape index (κ2) is 6.61. The monoisotopic (exact) mass is 373 g/mol. The van der Waals surface area contributed by atoms with Crippen molar-refractivity contribution >= 4 is 17.5 Å². The van der Waals surface area contributed by atoms with Crippen LogP contribution in [-0.4, -0.2) is 31.4 Å². The minimum Gasteiger partial charge on any atom is -0.444 e. The zero-order valence-corrected chi connectivity index (χ0v) is 13.9. The molecule has 9 nitrogen and oxygen atoms in total. The van der Waals surface area contributed by atoms with Gasteiger partial charge in [0, 0.05) is 12.3 Å². The third-order valence-corrected chi connectivity index (χ3v) is 2.84. The van der Waals surface area contributed by atoms with Crippen LogP contribution in [0.15, 0.2) is 24.5 Å². The zero-order chi connectivity index (χ0) is 19.7. The molecule has 0 aliphatic carbocycles. The molecular formula is C14H14F3N5O4. The molecule has 0 unspecified atom stereocenters. The molecule has 0 spiro atoms. The van der Waals surface area contributed by atoms with Crippen LogP contribution in [0.1, 0.15) is 26.5 Å². The van der Waals surface area contributed by atoms with Crippen LogP contribution in [0, 0.1) is 10.1 Å². The van der Waals surface area contributed by atoms with Gasteiger partial charge in [0.2, 0.25) is 5.82 Å². The summed E-state index contributed by atoms with van der Waals surface area (Å²) in [4.78, 5) is 25.5. The van der Waals surface area contributed by atoms with Crippen LogP contribution in [0.4, 0.5) is 29.3 Å². The molecule has 0 saturated heterocycles. The summed E-state index contributed by atoms with van der Waals surface area (Å²) < 4.78 is 45.7. The Bertz CT molecular complexity index is 842. The number of carbonyl (C=O) groups is 1. The molecule has 2 rings (SSSR count). The Morgan fingerprint density at radius 2 is 2.00 bits per heavy atom. The summed E-state index contributed by atoms with van der Waals surface area (Å²) in [6, 6.07) is 2.20. The molecule has 140 valence electrons. The van der Waals surface area contributed by atoms with Crippen molar-refractivity contribution < 1.29 is 27.6 Å². The highest BCUT2D eigenvalue weighted by Crippen LogP contribution is 2.37. The lowest BCUT2D eigenvalue weighted by Gasteiger charge is -2.20. The van der Waals surface area contributed by atoms with E-state index in [1.807, 2.05) is 5.32 Å². The maximum Gasteiger partial charge on any atom is 0.435 e. The van der Waals surface area contributed by atoms with Crippen molar-refractivity contribution in [2.75, 3.05) is 5.32 Å². The highest BCUT2D eigenvalue weighted by atomic mass is 19.4. The van der Waals surface area contributed by atoms with Crippen LogP contribution in [0.2, 0.25) is 0 Å². The van der Waals surface area contributed by atoms with E-state index in [9.17, 15) is 28.1 Å². The number of aromatic nitrogens is 3. The molecule has 0 atom stereocenters. The van der Waals surface area contributed by atoms with E-state index in [0.29, 0.717) is 6.20 Å². The smallest absolute Gasteiger partial charge is 0.435 e. The quantitative estimate of drug-likeness (QED) is 0.650. The first-order chi connectivity index (χ1) is 11.9. The molecule has 1 amide bonds. The van der Waals surface area contributed by atoms with Gasteiger partial charge in [0.25, 0.3) is 0 Å². The topological polar surface area (TPSA) is 112 Å². The number of pyridine rings is 1. The van der Waals surface area contributed by atoms with Crippen LogP contribution in [0.5, 0.6) is 0 Å². The summed E-state index contributed by atoms with van der Waals surface area (Å²) in [5.41, 5.74) is -3.75. The second-order valence-electron chi connectivity index (χ2n) is 6.05. The summed E-state index contributed by atoms with van der Waals surface area (Å²) in [6.45, 7) is 4.62. The number of ether oxygens (including phenoxy) is 1. The molecule has 1 N–H and O–H groups in total. The number of nitro groups is 1. The van der Waals surface area contributed by atoms with Gasteiger partial charge in [-0.1, -0.05) is 0 Å². The first-order valence-corrected chi connectivity index (χ1v) is 7.15. The van der Waals surface area contributed by atoms with Crippen molar-refractivity contribution in [1.82, 2.24) is 14.8 Å². The van der Waals surface area contributed by atoms with Crippen LogP contribution in [0.25, 0.3) is 5.82 Å². The number of hydrogen-bond acceptors (Lipinski definition) is 6. The zero-order valence-electron chi connectivity index (χ0n) is 13.9. The fourth-order valence-corrected chi connectivity index (χ4v) is 1.98. The largest absolute Gasteiger partial charge is 0.444 e. The van der Waals surface area contributed by atoms with E-state index < -0.39 is 45.7 Å². The lowest BCUT2D eigenvalue weighted by atomic mass is 10.2. The first-order valence-electron chi connectivity index (χ1n) is 7.15. The van der Waals surface area contributed by atoms with Gasteiger partial charge in [0.05, 0.1) is 16.8 Å². The van der Waals surface area contributed by atoms with Crippen molar-refractivity contribution in [2.45, 2.75) is 32.5 Å². The number of hydrogen-bond donors (Lipinski definition) is 1. The van der Waals surface area contributed by atoms with Crippen molar-refractivity contribution in [3.05, 3.63) is 40.3 Å². The Balaban J connectivity index is 2.53. The number of nitrogens with zero attached hydrogens (tertiary/aromatic N) is 4. The van der Waals surface area contributed by atoms with Crippen molar-refractivity contribution in [2.24, 2.45) is 0 Å². The van der Waals surface area contributed by atoms with Gasteiger partial charge in [0.1, 0.15) is 5.60 Å². The molecule has 0 fully saturated rings. The normalized spacial score (nSPS) is 11.9. The Labute approximate surface area is 144 Å². The van der Waals surface area contributed by atoms with Gasteiger partial charge in [-0.05, 0) is 26.8 Å². The van der Waals surface area contributed by atoms with E-state index >= 15 is 0 Å². The van der Waals surface area contributed by atoms with E-state index in [2.05, 4.69) is 10.1 Å². The Kier molecular flexibility index (Phi) is 4.87. The Hall–Kier alpha value is -3.18. The summed E-state index contributed by atoms with van der Waals surface area (Å²) in [6.07, 6.45) is -4.30. The number of alkyl halides is 3. The van der Waals surface area contributed by atoms with E-state index in [1.165, 1.54) is 26.8 Å². The van der Waals surface area contributed by atoms with Gasteiger partial charge in [-0.2, -0.15) is 18.3 Å². The number of carbonyl (C=O) groups excluding carboxylic acids is 1. The van der Waals surface area contributed by atoms with Gasteiger partial charge < -0.3 is 4.74 Å². The van der Waals surface area contributed by atoms with Gasteiger partial charge in [-0.15, -0.1) is 0 Å². The summed E-state index contributed by atoms with van der Waals surface area (Å²) in [7, 11) is 0. The summed E-state index contributed by atoms with van der Waals surface area (Å²) >= 11 is 0. The second-order valence-corrected chi connectivity index (χ2v) is 6.05. The van der Waals surface area contributed by atoms with Crippen LogP contribution < -0.4 is 5.32 Å². The highest BCUT2D eigenvalue weighted by molar-refractivity contribution is 5.85. The summed E-state index contributed by atoms with van der Waals surface area (Å²) in [5, 5.41) is 16.5. The minimum atomic E-state index is -4.98. The van der Waals surface area contributed by atoms with E-state index in [4.69, 9.17) is 4.74 Å². The first kappa shape index (κ1) is 19.1. The molecule has 26 heavy (non-hydrogen) atoms. The maximum atomic E-state index is 13.5. The molecule has 2 heterocycles. The van der Waals surface area contributed by atoms with Crippen molar-refractivity contribution in [3.63, 3.8) is 0 Å². The lowest BCUT2D eigenvalue weighted by molar-refractivity contribution is -0.385.